The van der Waals surface area contributed by atoms with Gasteiger partial charge >= 0.3 is 0 Å². The van der Waals surface area contributed by atoms with Gasteiger partial charge in [0, 0.05) is 30.5 Å². The Morgan fingerprint density at radius 3 is 2.26 bits per heavy atom. The van der Waals surface area contributed by atoms with Gasteiger partial charge < -0.3 is 0 Å². The molecule has 7 heteroatoms. The lowest BCUT2D eigenvalue weighted by molar-refractivity contribution is 0.600. The van der Waals surface area contributed by atoms with Crippen LogP contribution in [0.2, 0.25) is 0 Å². The van der Waals surface area contributed by atoms with Crippen LogP contribution in [-0.4, -0.2) is 30.2 Å². The molecule has 0 amide bonds. The minimum atomic E-state index is 0.117. The first-order chi connectivity index (χ1) is 17.2. The predicted octanol–water partition coefficient (Wildman–Crippen LogP) is 5.39. The topological polar surface area (TPSA) is 89.4 Å². The molecule has 0 fully saturated rings. The lowest BCUT2D eigenvalue weighted by atomic mass is 9.96. The quantitative estimate of drug-likeness (QED) is 0.318. The van der Waals surface area contributed by atoms with Gasteiger partial charge in [0.05, 0.1) is 5.69 Å². The van der Waals surface area contributed by atoms with E-state index in [9.17, 15) is 4.79 Å². The molecule has 0 atom stereocenters. The number of hydrogen-bond donors (Lipinski definition) is 1. The number of benzene rings is 2. The molecule has 182 valence electrons. The molecule has 2 aromatic heterocycles. The van der Waals surface area contributed by atoms with Crippen LogP contribution in [0.3, 0.4) is 0 Å². The van der Waals surface area contributed by atoms with Gasteiger partial charge in [-0.2, -0.15) is 5.21 Å². The second-order valence-corrected chi connectivity index (χ2v) is 8.86. The standard InChI is InChI=1S/C28H34N6O/c1-4-7-13-25-24(28(35)34(6-3)26(29-25)14-8-5-2)19-20-15-17-21(18-16-20)22-11-9-10-12-23(22)27-30-32-33-31-27/h9-12,15-18H,4-8,13-14,19H2,1-3H3,(H,30,31,32,33). The van der Waals surface area contributed by atoms with E-state index in [0.717, 1.165) is 77.9 Å². The maximum atomic E-state index is 13.5. The molecule has 0 saturated heterocycles. The van der Waals surface area contributed by atoms with E-state index in [1.54, 1.807) is 0 Å². The number of hydrogen-bond acceptors (Lipinski definition) is 5. The van der Waals surface area contributed by atoms with Crippen LogP contribution >= 0.6 is 0 Å². The lowest BCUT2D eigenvalue weighted by Crippen LogP contribution is -2.30. The second-order valence-electron chi connectivity index (χ2n) is 8.86. The van der Waals surface area contributed by atoms with Crippen LogP contribution in [0.5, 0.6) is 0 Å². The number of aryl methyl sites for hydroxylation is 2. The fourth-order valence-corrected chi connectivity index (χ4v) is 4.48. The van der Waals surface area contributed by atoms with Crippen molar-refractivity contribution in [3.8, 4) is 22.5 Å². The van der Waals surface area contributed by atoms with Gasteiger partial charge in [0.2, 0.25) is 5.82 Å². The Morgan fingerprint density at radius 1 is 0.886 bits per heavy atom. The molecule has 0 aliphatic rings. The minimum absolute atomic E-state index is 0.117. The highest BCUT2D eigenvalue weighted by molar-refractivity contribution is 5.80. The average Bonchev–Trinajstić information content (AvgIpc) is 3.43. The van der Waals surface area contributed by atoms with Crippen molar-refractivity contribution >= 4 is 0 Å². The molecule has 0 spiro atoms. The number of nitrogens with zero attached hydrogens (tertiary/aromatic N) is 5. The molecule has 0 aliphatic heterocycles. The first-order valence-electron chi connectivity index (χ1n) is 12.7. The molecule has 0 aliphatic carbocycles. The van der Waals surface area contributed by atoms with Crippen LogP contribution in [0.25, 0.3) is 22.5 Å². The smallest absolute Gasteiger partial charge is 0.257 e. The summed E-state index contributed by atoms with van der Waals surface area (Å²) in [5, 5.41) is 14.5. The van der Waals surface area contributed by atoms with Gasteiger partial charge in [-0.15, -0.1) is 10.2 Å². The summed E-state index contributed by atoms with van der Waals surface area (Å²) in [5.74, 6) is 1.50. The molecule has 2 heterocycles. The normalized spacial score (nSPS) is 11.2. The molecule has 4 rings (SSSR count). The van der Waals surface area contributed by atoms with Crippen molar-refractivity contribution in [2.75, 3.05) is 0 Å². The van der Waals surface area contributed by atoms with E-state index in [1.807, 2.05) is 29.7 Å². The molecule has 2 aromatic carbocycles. The number of H-pyrrole nitrogens is 1. The van der Waals surface area contributed by atoms with Crippen molar-refractivity contribution in [2.45, 2.75) is 72.3 Å². The fourth-order valence-electron chi connectivity index (χ4n) is 4.48. The Hall–Kier alpha value is -3.61. The Labute approximate surface area is 206 Å². The van der Waals surface area contributed by atoms with E-state index < -0.39 is 0 Å². The van der Waals surface area contributed by atoms with E-state index in [4.69, 9.17) is 4.98 Å². The maximum absolute atomic E-state index is 13.5. The second kappa shape index (κ2) is 11.7. The van der Waals surface area contributed by atoms with Crippen molar-refractivity contribution in [1.29, 1.82) is 0 Å². The van der Waals surface area contributed by atoms with Gasteiger partial charge in [-0.3, -0.25) is 9.36 Å². The minimum Gasteiger partial charge on any atom is -0.297 e. The third-order valence-electron chi connectivity index (χ3n) is 6.42. The molecule has 4 aromatic rings. The Balaban J connectivity index is 1.66. The summed E-state index contributed by atoms with van der Waals surface area (Å²) in [6, 6.07) is 16.4. The monoisotopic (exact) mass is 470 g/mol. The van der Waals surface area contributed by atoms with E-state index in [1.165, 1.54) is 0 Å². The van der Waals surface area contributed by atoms with Crippen LogP contribution in [0, 0.1) is 0 Å². The molecule has 0 radical (unpaired) electrons. The van der Waals surface area contributed by atoms with Gasteiger partial charge in [0.25, 0.3) is 5.56 Å². The molecule has 1 N–H and O–H groups in total. The van der Waals surface area contributed by atoms with E-state index in [-0.39, 0.29) is 5.56 Å². The molecular weight excluding hydrogens is 436 g/mol. The zero-order chi connectivity index (χ0) is 24.6. The molecular formula is C28H34N6O. The number of nitrogens with one attached hydrogen (secondary N) is 1. The largest absolute Gasteiger partial charge is 0.297 e. The fraction of sp³-hybridized carbons (Fsp3) is 0.393. The third-order valence-corrected chi connectivity index (χ3v) is 6.42. The molecule has 0 bridgehead atoms. The first-order valence-corrected chi connectivity index (χ1v) is 12.7. The zero-order valence-electron chi connectivity index (χ0n) is 20.9. The van der Waals surface area contributed by atoms with Crippen LogP contribution in [0.1, 0.15) is 69.1 Å². The summed E-state index contributed by atoms with van der Waals surface area (Å²) in [4.78, 5) is 18.6. The van der Waals surface area contributed by atoms with Crippen LogP contribution in [-0.2, 0) is 25.8 Å². The number of rotatable bonds is 11. The van der Waals surface area contributed by atoms with Gasteiger partial charge in [-0.25, -0.2) is 4.98 Å². The Kier molecular flexibility index (Phi) is 8.19. The van der Waals surface area contributed by atoms with Crippen LogP contribution in [0.4, 0.5) is 0 Å². The molecule has 35 heavy (non-hydrogen) atoms. The molecule has 7 nitrogen and oxygen atoms in total. The lowest BCUT2D eigenvalue weighted by Gasteiger charge is -2.16. The summed E-state index contributed by atoms with van der Waals surface area (Å²) in [5.41, 5.74) is 6.06. The van der Waals surface area contributed by atoms with Crippen molar-refractivity contribution < 1.29 is 0 Å². The zero-order valence-corrected chi connectivity index (χ0v) is 20.9. The Bertz CT molecular complexity index is 1290. The molecule has 0 saturated carbocycles. The van der Waals surface area contributed by atoms with E-state index >= 15 is 0 Å². The van der Waals surface area contributed by atoms with Gasteiger partial charge in [0.1, 0.15) is 5.82 Å². The summed E-state index contributed by atoms with van der Waals surface area (Å²) in [6.45, 7) is 7.03. The Morgan fingerprint density at radius 2 is 1.60 bits per heavy atom. The van der Waals surface area contributed by atoms with Crippen molar-refractivity contribution in [2.24, 2.45) is 0 Å². The van der Waals surface area contributed by atoms with Crippen LogP contribution < -0.4 is 5.56 Å². The van der Waals surface area contributed by atoms with Crippen molar-refractivity contribution in [3.63, 3.8) is 0 Å². The van der Waals surface area contributed by atoms with Gasteiger partial charge in [-0.05, 0) is 48.1 Å². The van der Waals surface area contributed by atoms with E-state index in [2.05, 4.69) is 64.8 Å². The number of unbranched alkanes of at least 4 members (excludes halogenated alkanes) is 2. The van der Waals surface area contributed by atoms with Crippen molar-refractivity contribution in [1.82, 2.24) is 30.2 Å². The van der Waals surface area contributed by atoms with Gasteiger partial charge in [-0.1, -0.05) is 75.2 Å². The van der Waals surface area contributed by atoms with Gasteiger partial charge in [0.15, 0.2) is 0 Å². The number of aromatic nitrogens is 6. The SMILES string of the molecule is CCCCc1nc(CCCC)n(CC)c(=O)c1Cc1ccc(-c2ccccc2-c2nn[nH]n2)cc1. The molecule has 0 unspecified atom stereocenters. The maximum Gasteiger partial charge on any atom is 0.257 e. The number of tetrazole rings is 1. The number of aromatic amines is 1. The summed E-state index contributed by atoms with van der Waals surface area (Å²) < 4.78 is 1.87. The van der Waals surface area contributed by atoms with Crippen LogP contribution in [0.15, 0.2) is 53.3 Å². The summed E-state index contributed by atoms with van der Waals surface area (Å²) >= 11 is 0. The van der Waals surface area contributed by atoms with Crippen molar-refractivity contribution in [3.05, 3.63) is 81.5 Å². The summed E-state index contributed by atoms with van der Waals surface area (Å²) in [6.07, 6.45) is 6.55. The average molecular weight is 471 g/mol. The highest BCUT2D eigenvalue weighted by Crippen LogP contribution is 2.30. The van der Waals surface area contributed by atoms with E-state index in [0.29, 0.717) is 18.8 Å². The third kappa shape index (κ3) is 5.56. The highest BCUT2D eigenvalue weighted by Gasteiger charge is 2.17. The first kappa shape index (κ1) is 24.5. The predicted molar refractivity (Wildman–Crippen MR) is 139 cm³/mol. The highest BCUT2D eigenvalue weighted by atomic mass is 16.1. The summed E-state index contributed by atoms with van der Waals surface area (Å²) in [7, 11) is 0.